The molecule has 3 fully saturated rings. The van der Waals surface area contributed by atoms with Crippen LogP contribution in [0.3, 0.4) is 0 Å². The number of rotatable bonds is 6. The Labute approximate surface area is 182 Å². The number of nitrogens with one attached hydrogen (secondary N) is 2. The first-order chi connectivity index (χ1) is 14.8. The fraction of sp³-hybridized carbons (Fsp3) is 0.609. The quantitative estimate of drug-likeness (QED) is 0.628. The summed E-state index contributed by atoms with van der Waals surface area (Å²) in [6, 6.07) is 4.34. The van der Waals surface area contributed by atoms with Gasteiger partial charge in [-0.05, 0) is 44.2 Å². The summed E-state index contributed by atoms with van der Waals surface area (Å²) in [5.74, 6) is -2.20. The first kappa shape index (κ1) is 21.8. The minimum absolute atomic E-state index is 0.238. The number of ether oxygens (including phenoxy) is 1. The Bertz CT molecular complexity index is 894. The molecule has 0 radical (unpaired) electrons. The molecule has 2 unspecified atom stereocenters. The van der Waals surface area contributed by atoms with Gasteiger partial charge in [0.05, 0.1) is 30.6 Å². The van der Waals surface area contributed by atoms with Crippen LogP contribution in [0, 0.1) is 25.7 Å². The van der Waals surface area contributed by atoms with Gasteiger partial charge in [0.25, 0.3) is 0 Å². The van der Waals surface area contributed by atoms with Crippen LogP contribution in [0.15, 0.2) is 18.2 Å². The summed E-state index contributed by atoms with van der Waals surface area (Å²) in [7, 11) is 1.55. The molecule has 168 valence electrons. The Morgan fingerprint density at radius 2 is 1.97 bits per heavy atom. The highest BCUT2D eigenvalue weighted by atomic mass is 16.5. The fourth-order valence-electron chi connectivity index (χ4n) is 5.87. The molecule has 3 amide bonds. The molecule has 0 aromatic heterocycles. The van der Waals surface area contributed by atoms with Gasteiger partial charge in [-0.3, -0.25) is 14.4 Å². The van der Waals surface area contributed by atoms with Crippen molar-refractivity contribution >= 4 is 23.4 Å². The lowest BCUT2D eigenvalue weighted by molar-refractivity contribution is -0.144. The molecule has 0 saturated carbocycles. The molecule has 2 bridgehead atoms. The molecule has 3 saturated heterocycles. The average molecular weight is 430 g/mol. The number of aryl methyl sites for hydroxylation is 2. The Kier molecular flexibility index (Phi) is 5.55. The zero-order valence-corrected chi connectivity index (χ0v) is 18.5. The SMILES string of the molecule is CC[C@@H](CO)N1C(=O)[C@@H]2[C@H](C(=O)NC)[C@@H]3CCC2(O3)C1C(=O)Nc1c(C)cccc1C. The van der Waals surface area contributed by atoms with Gasteiger partial charge in [0, 0.05) is 12.7 Å². The predicted molar refractivity (Wildman–Crippen MR) is 114 cm³/mol. The van der Waals surface area contributed by atoms with Crippen molar-refractivity contribution in [3.8, 4) is 0 Å². The van der Waals surface area contributed by atoms with E-state index in [-0.39, 0.29) is 30.4 Å². The lowest BCUT2D eigenvalue weighted by atomic mass is 9.70. The fourth-order valence-corrected chi connectivity index (χ4v) is 5.87. The highest BCUT2D eigenvalue weighted by Crippen LogP contribution is 2.58. The van der Waals surface area contributed by atoms with Crippen molar-refractivity contribution in [1.82, 2.24) is 10.2 Å². The summed E-state index contributed by atoms with van der Waals surface area (Å²) >= 11 is 0. The van der Waals surface area contributed by atoms with Gasteiger partial charge in [0.1, 0.15) is 11.6 Å². The van der Waals surface area contributed by atoms with E-state index in [1.807, 2.05) is 39.0 Å². The number of amides is 3. The molecule has 31 heavy (non-hydrogen) atoms. The van der Waals surface area contributed by atoms with Crippen LogP contribution in [-0.2, 0) is 19.1 Å². The van der Waals surface area contributed by atoms with Crippen LogP contribution >= 0.6 is 0 Å². The number of hydrogen-bond acceptors (Lipinski definition) is 5. The van der Waals surface area contributed by atoms with E-state index in [4.69, 9.17) is 4.74 Å². The van der Waals surface area contributed by atoms with Gasteiger partial charge in [-0.1, -0.05) is 25.1 Å². The molecule has 6 atom stereocenters. The van der Waals surface area contributed by atoms with E-state index in [9.17, 15) is 19.5 Å². The van der Waals surface area contributed by atoms with Crippen LogP contribution in [0.25, 0.3) is 0 Å². The Morgan fingerprint density at radius 1 is 1.29 bits per heavy atom. The number of aliphatic hydroxyl groups is 1. The van der Waals surface area contributed by atoms with Gasteiger partial charge in [-0.2, -0.15) is 0 Å². The molecule has 1 aromatic rings. The first-order valence-corrected chi connectivity index (χ1v) is 11.0. The van der Waals surface area contributed by atoms with Gasteiger partial charge in [0.2, 0.25) is 17.7 Å². The maximum Gasteiger partial charge on any atom is 0.250 e. The molecule has 3 aliphatic rings. The largest absolute Gasteiger partial charge is 0.394 e. The summed E-state index contributed by atoms with van der Waals surface area (Å²) in [6.07, 6.45) is 1.27. The third kappa shape index (κ3) is 3.07. The van der Waals surface area contributed by atoms with Crippen LogP contribution in [0.4, 0.5) is 5.69 Å². The predicted octanol–water partition coefficient (Wildman–Crippen LogP) is 1.13. The number of benzene rings is 1. The maximum absolute atomic E-state index is 13.7. The van der Waals surface area contributed by atoms with Crippen LogP contribution in [0.2, 0.25) is 0 Å². The average Bonchev–Trinajstić information content (AvgIpc) is 3.39. The summed E-state index contributed by atoms with van der Waals surface area (Å²) in [6.45, 7) is 5.45. The van der Waals surface area contributed by atoms with E-state index >= 15 is 0 Å². The van der Waals surface area contributed by atoms with Gasteiger partial charge >= 0.3 is 0 Å². The standard InChI is InChI=1S/C23H31N3O5/c1-5-14(11-27)26-19(21(29)25-18-12(2)7-6-8-13(18)3)23-10-9-15(31-23)16(20(28)24-4)17(23)22(26)30/h6-8,14-17,19,27H,5,9-11H2,1-4H3,(H,24,28)(H,25,29)/t14-,15-,16+,17-,19?,23?/m0/s1. The second-order valence-corrected chi connectivity index (χ2v) is 8.92. The van der Waals surface area contributed by atoms with E-state index < -0.39 is 29.5 Å². The van der Waals surface area contributed by atoms with E-state index in [1.54, 1.807) is 7.05 Å². The molecule has 8 heteroatoms. The van der Waals surface area contributed by atoms with Gasteiger partial charge < -0.3 is 25.4 Å². The lowest BCUT2D eigenvalue weighted by Crippen LogP contribution is -2.56. The minimum Gasteiger partial charge on any atom is -0.394 e. The van der Waals surface area contributed by atoms with Crippen molar-refractivity contribution in [1.29, 1.82) is 0 Å². The number of anilines is 1. The minimum atomic E-state index is -1.05. The van der Waals surface area contributed by atoms with Crippen molar-refractivity contribution in [2.24, 2.45) is 11.8 Å². The summed E-state index contributed by atoms with van der Waals surface area (Å²) < 4.78 is 6.33. The third-order valence-electron chi connectivity index (χ3n) is 7.34. The van der Waals surface area contributed by atoms with Crippen LogP contribution < -0.4 is 10.6 Å². The monoisotopic (exact) mass is 429 g/mol. The van der Waals surface area contributed by atoms with Crippen LogP contribution in [0.5, 0.6) is 0 Å². The number of fused-ring (bicyclic) bond motifs is 1. The molecule has 3 N–H and O–H groups in total. The van der Waals surface area contributed by atoms with Crippen molar-refractivity contribution < 1.29 is 24.2 Å². The van der Waals surface area contributed by atoms with Gasteiger partial charge in [0.15, 0.2) is 0 Å². The molecule has 3 heterocycles. The number of nitrogens with zero attached hydrogens (tertiary/aromatic N) is 1. The van der Waals surface area contributed by atoms with Gasteiger partial charge in [-0.15, -0.1) is 0 Å². The second kappa shape index (κ2) is 7.91. The van der Waals surface area contributed by atoms with Crippen molar-refractivity contribution in [3.63, 3.8) is 0 Å². The Hall–Kier alpha value is -2.45. The molecule has 3 aliphatic heterocycles. The molecule has 1 aromatic carbocycles. The van der Waals surface area contributed by atoms with Crippen molar-refractivity contribution in [3.05, 3.63) is 29.3 Å². The van der Waals surface area contributed by atoms with E-state index in [2.05, 4.69) is 10.6 Å². The van der Waals surface area contributed by atoms with Crippen LogP contribution in [-0.4, -0.2) is 65.2 Å². The number of aliphatic hydroxyl groups excluding tert-OH is 1. The zero-order chi connectivity index (χ0) is 22.5. The highest BCUT2D eigenvalue weighted by molar-refractivity contribution is 6.04. The maximum atomic E-state index is 13.7. The Morgan fingerprint density at radius 3 is 2.55 bits per heavy atom. The molecule has 4 rings (SSSR count). The number of likely N-dealkylation sites (tertiary alicyclic amines) is 1. The summed E-state index contributed by atoms with van der Waals surface area (Å²) in [5.41, 5.74) is 1.51. The number of hydrogen-bond donors (Lipinski definition) is 3. The third-order valence-corrected chi connectivity index (χ3v) is 7.34. The topological polar surface area (TPSA) is 108 Å². The molecular formula is C23H31N3O5. The number of carbonyl (C=O) groups excluding carboxylic acids is 3. The van der Waals surface area contributed by atoms with Crippen molar-refractivity contribution in [2.45, 2.75) is 63.8 Å². The first-order valence-electron chi connectivity index (χ1n) is 11.0. The molecule has 8 nitrogen and oxygen atoms in total. The smallest absolute Gasteiger partial charge is 0.250 e. The Balaban J connectivity index is 1.77. The van der Waals surface area contributed by atoms with Gasteiger partial charge in [-0.25, -0.2) is 0 Å². The summed E-state index contributed by atoms with van der Waals surface area (Å²) in [5, 5.41) is 15.7. The zero-order valence-electron chi connectivity index (χ0n) is 18.5. The van der Waals surface area contributed by atoms with E-state index in [1.165, 1.54) is 4.90 Å². The van der Waals surface area contributed by atoms with E-state index in [0.717, 1.165) is 11.1 Å². The highest BCUT2D eigenvalue weighted by Gasteiger charge is 2.74. The number of carbonyl (C=O) groups is 3. The van der Waals surface area contributed by atoms with Crippen molar-refractivity contribution in [2.75, 3.05) is 19.0 Å². The molecule has 1 spiro atoms. The second-order valence-electron chi connectivity index (χ2n) is 8.92. The summed E-state index contributed by atoms with van der Waals surface area (Å²) in [4.78, 5) is 41.5. The normalized spacial score (nSPS) is 32.2. The lowest BCUT2D eigenvalue weighted by Gasteiger charge is -2.36. The van der Waals surface area contributed by atoms with E-state index in [0.29, 0.717) is 24.9 Å². The number of para-hydroxylation sites is 1. The molecular weight excluding hydrogens is 398 g/mol. The molecule has 0 aliphatic carbocycles. The van der Waals surface area contributed by atoms with Crippen LogP contribution in [0.1, 0.15) is 37.3 Å².